The number of rotatable bonds is 4. The molecule has 2 aromatic rings. The average molecular weight is 273 g/mol. The Balaban J connectivity index is 2.09. The van der Waals surface area contributed by atoms with Crippen LogP contribution < -0.4 is 10.7 Å². The second kappa shape index (κ2) is 5.96. The van der Waals surface area contributed by atoms with Gasteiger partial charge in [-0.25, -0.2) is 4.68 Å². The molecule has 7 nitrogen and oxygen atoms in total. The first kappa shape index (κ1) is 13.7. The van der Waals surface area contributed by atoms with Crippen molar-refractivity contribution in [3.05, 3.63) is 42.5 Å². The van der Waals surface area contributed by atoms with Gasteiger partial charge in [-0.2, -0.15) is 0 Å². The molecule has 0 spiro atoms. The average Bonchev–Trinajstić information content (AvgIpc) is 2.91. The highest BCUT2D eigenvalue weighted by Gasteiger charge is 2.10. The van der Waals surface area contributed by atoms with Gasteiger partial charge in [-0.3, -0.25) is 15.0 Å². The van der Waals surface area contributed by atoms with Gasteiger partial charge in [0, 0.05) is 17.2 Å². The molecule has 1 heterocycles. The highest BCUT2D eigenvalue weighted by atomic mass is 16.2. The summed E-state index contributed by atoms with van der Waals surface area (Å²) in [6.07, 6.45) is 2.75. The molecule has 2 N–H and O–H groups in total. The molecule has 0 atom stereocenters. The van der Waals surface area contributed by atoms with Gasteiger partial charge in [-0.1, -0.05) is 19.9 Å². The summed E-state index contributed by atoms with van der Waals surface area (Å²) in [7, 11) is 0. The number of carbonyl (C=O) groups is 2. The first-order chi connectivity index (χ1) is 9.56. The fourth-order valence-corrected chi connectivity index (χ4v) is 1.47. The molecule has 0 saturated carbocycles. The Morgan fingerprint density at radius 2 is 1.90 bits per heavy atom. The number of nitrogens with one attached hydrogen (secondary N) is 2. The Kier molecular flexibility index (Phi) is 4.09. The van der Waals surface area contributed by atoms with Gasteiger partial charge in [-0.05, 0) is 18.2 Å². The summed E-state index contributed by atoms with van der Waals surface area (Å²) >= 11 is 0. The molecule has 0 aliphatic heterocycles. The highest BCUT2D eigenvalue weighted by Crippen LogP contribution is 2.12. The van der Waals surface area contributed by atoms with Gasteiger partial charge in [0.15, 0.2) is 0 Å². The van der Waals surface area contributed by atoms with Crippen LogP contribution in [0.15, 0.2) is 36.9 Å². The maximum Gasteiger partial charge on any atom is 0.270 e. The lowest BCUT2D eigenvalue weighted by molar-refractivity contribution is -0.118. The van der Waals surface area contributed by atoms with E-state index in [4.69, 9.17) is 0 Å². The van der Waals surface area contributed by atoms with Gasteiger partial charge in [0.2, 0.25) is 5.91 Å². The summed E-state index contributed by atoms with van der Waals surface area (Å²) in [5.41, 5.74) is 3.60. The quantitative estimate of drug-likeness (QED) is 0.877. The molecule has 104 valence electrons. The lowest BCUT2D eigenvalue weighted by atomic mass is 10.1. The molecule has 2 amide bonds. The third-order valence-electron chi connectivity index (χ3n) is 2.57. The Morgan fingerprint density at radius 1 is 1.20 bits per heavy atom. The van der Waals surface area contributed by atoms with Crippen LogP contribution in [0.3, 0.4) is 0 Å². The van der Waals surface area contributed by atoms with E-state index >= 15 is 0 Å². The molecule has 20 heavy (non-hydrogen) atoms. The molecule has 1 aromatic carbocycles. The summed E-state index contributed by atoms with van der Waals surface area (Å²) in [6, 6.07) is 6.71. The number of carbonyl (C=O) groups excluding carboxylic acids is 2. The van der Waals surface area contributed by atoms with E-state index in [1.807, 2.05) is 0 Å². The minimum atomic E-state index is -0.314. The van der Waals surface area contributed by atoms with Crippen LogP contribution in [0.5, 0.6) is 0 Å². The van der Waals surface area contributed by atoms with E-state index in [9.17, 15) is 9.59 Å². The molecule has 0 aliphatic carbocycles. The molecule has 0 aliphatic rings. The highest BCUT2D eigenvalue weighted by molar-refractivity contribution is 6.01. The Morgan fingerprint density at radius 3 is 2.55 bits per heavy atom. The van der Waals surface area contributed by atoms with Crippen molar-refractivity contribution in [2.75, 3.05) is 10.7 Å². The SMILES string of the molecule is CC(C)C(=O)Nc1cccc(C(=O)Nn2cnnc2)c1. The predicted octanol–water partition coefficient (Wildman–Crippen LogP) is 1.26. The fraction of sp³-hybridized carbons (Fsp3) is 0.231. The summed E-state index contributed by atoms with van der Waals surface area (Å²) in [5.74, 6) is -0.531. The molecule has 1 aromatic heterocycles. The minimum absolute atomic E-state index is 0.0960. The smallest absolute Gasteiger partial charge is 0.270 e. The molecule has 0 saturated heterocycles. The van der Waals surface area contributed by atoms with Crippen LogP contribution in [-0.4, -0.2) is 26.7 Å². The van der Waals surface area contributed by atoms with Crippen LogP contribution in [0.1, 0.15) is 24.2 Å². The van der Waals surface area contributed by atoms with E-state index in [0.717, 1.165) is 0 Å². The molecule has 0 fully saturated rings. The van der Waals surface area contributed by atoms with Gasteiger partial charge in [-0.15, -0.1) is 10.2 Å². The van der Waals surface area contributed by atoms with Crippen molar-refractivity contribution in [3.8, 4) is 0 Å². The van der Waals surface area contributed by atoms with Crippen LogP contribution in [0.2, 0.25) is 0 Å². The van der Waals surface area contributed by atoms with Crippen LogP contribution in [-0.2, 0) is 4.79 Å². The standard InChI is InChI=1S/C13H15N5O2/c1-9(2)12(19)16-11-5-3-4-10(6-11)13(20)17-18-7-14-15-8-18/h3-9H,1-2H3,(H,16,19)(H,17,20). The molecular formula is C13H15N5O2. The van der Waals surface area contributed by atoms with Crippen LogP contribution >= 0.6 is 0 Å². The van der Waals surface area contributed by atoms with Crippen LogP contribution in [0.4, 0.5) is 5.69 Å². The van der Waals surface area contributed by atoms with Crippen molar-refractivity contribution in [1.82, 2.24) is 14.9 Å². The number of aromatic nitrogens is 3. The molecule has 0 bridgehead atoms. The summed E-state index contributed by atoms with van der Waals surface area (Å²) in [5, 5.41) is 9.92. The largest absolute Gasteiger partial charge is 0.326 e. The lowest BCUT2D eigenvalue weighted by Gasteiger charge is -2.09. The van der Waals surface area contributed by atoms with Crippen molar-refractivity contribution in [3.63, 3.8) is 0 Å². The van der Waals surface area contributed by atoms with Crippen molar-refractivity contribution in [2.45, 2.75) is 13.8 Å². The van der Waals surface area contributed by atoms with E-state index in [-0.39, 0.29) is 17.7 Å². The zero-order valence-corrected chi connectivity index (χ0v) is 11.2. The number of hydrogen-bond donors (Lipinski definition) is 2. The molecule has 7 heteroatoms. The monoisotopic (exact) mass is 273 g/mol. The van der Waals surface area contributed by atoms with Crippen molar-refractivity contribution in [1.29, 1.82) is 0 Å². The van der Waals surface area contributed by atoms with Crippen molar-refractivity contribution < 1.29 is 9.59 Å². The Hall–Kier alpha value is -2.70. The Bertz CT molecular complexity index is 607. The van der Waals surface area contributed by atoms with Crippen molar-refractivity contribution in [2.24, 2.45) is 5.92 Å². The normalized spacial score (nSPS) is 10.3. The molecule has 2 rings (SSSR count). The zero-order valence-electron chi connectivity index (χ0n) is 11.2. The second-order valence-electron chi connectivity index (χ2n) is 4.53. The zero-order chi connectivity index (χ0) is 14.5. The summed E-state index contributed by atoms with van der Waals surface area (Å²) in [4.78, 5) is 23.6. The molecular weight excluding hydrogens is 258 g/mol. The van der Waals surface area contributed by atoms with E-state index in [1.54, 1.807) is 38.1 Å². The first-order valence-electron chi connectivity index (χ1n) is 6.13. The van der Waals surface area contributed by atoms with Crippen LogP contribution in [0, 0.1) is 5.92 Å². The maximum atomic E-state index is 12.0. The topological polar surface area (TPSA) is 88.9 Å². The number of benzene rings is 1. The van der Waals surface area contributed by atoms with E-state index in [0.29, 0.717) is 11.3 Å². The van der Waals surface area contributed by atoms with Gasteiger partial charge in [0.05, 0.1) is 0 Å². The molecule has 0 unspecified atom stereocenters. The van der Waals surface area contributed by atoms with Crippen molar-refractivity contribution >= 4 is 17.5 Å². The number of nitrogens with zero attached hydrogens (tertiary/aromatic N) is 3. The van der Waals surface area contributed by atoms with Gasteiger partial charge in [0.1, 0.15) is 12.7 Å². The van der Waals surface area contributed by atoms with Gasteiger partial charge >= 0.3 is 0 Å². The Labute approximate surface area is 116 Å². The van der Waals surface area contributed by atoms with E-state index in [1.165, 1.54) is 17.3 Å². The maximum absolute atomic E-state index is 12.0. The van der Waals surface area contributed by atoms with Gasteiger partial charge in [0.25, 0.3) is 5.91 Å². The second-order valence-corrected chi connectivity index (χ2v) is 4.53. The predicted molar refractivity (Wildman–Crippen MR) is 73.6 cm³/mol. The number of anilines is 1. The third-order valence-corrected chi connectivity index (χ3v) is 2.57. The summed E-state index contributed by atoms with van der Waals surface area (Å²) in [6.45, 7) is 3.61. The van der Waals surface area contributed by atoms with Crippen LogP contribution in [0.25, 0.3) is 0 Å². The number of hydrogen-bond acceptors (Lipinski definition) is 4. The lowest BCUT2D eigenvalue weighted by Crippen LogP contribution is -2.22. The first-order valence-corrected chi connectivity index (χ1v) is 6.13. The number of amides is 2. The van der Waals surface area contributed by atoms with Gasteiger partial charge < -0.3 is 5.32 Å². The summed E-state index contributed by atoms with van der Waals surface area (Å²) < 4.78 is 1.35. The van der Waals surface area contributed by atoms with E-state index in [2.05, 4.69) is 20.9 Å². The fourth-order valence-electron chi connectivity index (χ4n) is 1.47. The molecule has 0 radical (unpaired) electrons. The minimum Gasteiger partial charge on any atom is -0.326 e. The van der Waals surface area contributed by atoms with E-state index < -0.39 is 0 Å². The third kappa shape index (κ3) is 3.41.